The van der Waals surface area contributed by atoms with E-state index >= 15 is 0 Å². The van der Waals surface area contributed by atoms with Gasteiger partial charge in [0, 0.05) is 42.9 Å². The van der Waals surface area contributed by atoms with Gasteiger partial charge in [0.2, 0.25) is 0 Å². The molecule has 3 rings (SSSR count). The van der Waals surface area contributed by atoms with Gasteiger partial charge in [0.25, 0.3) is 0 Å². The summed E-state index contributed by atoms with van der Waals surface area (Å²) < 4.78 is 46.4. The molecular weight excluding hydrogens is 569 g/mol. The molecule has 0 aromatic carbocycles. The highest BCUT2D eigenvalue weighted by Crippen LogP contribution is 2.67. The molecule has 44 heavy (non-hydrogen) atoms. The average Bonchev–Trinajstić information content (AvgIpc) is 3.53. The first-order valence-electron chi connectivity index (χ1n) is 16.8. The van der Waals surface area contributed by atoms with Crippen molar-refractivity contribution in [3.05, 3.63) is 12.7 Å². The molecule has 3 saturated carbocycles. The zero-order chi connectivity index (χ0) is 33.0. The Kier molecular flexibility index (Phi) is 12.1. The summed E-state index contributed by atoms with van der Waals surface area (Å²) in [6.45, 7) is 14.7. The number of ketones is 3. The van der Waals surface area contributed by atoms with E-state index in [4.69, 9.17) is 4.74 Å². The van der Waals surface area contributed by atoms with Gasteiger partial charge < -0.3 is 4.74 Å². The summed E-state index contributed by atoms with van der Waals surface area (Å²) in [5, 5.41) is 0. The first kappa shape index (κ1) is 36.5. The van der Waals surface area contributed by atoms with Gasteiger partial charge >= 0.3 is 12.1 Å². The lowest BCUT2D eigenvalue weighted by molar-refractivity contribution is -0.158. The first-order chi connectivity index (χ1) is 20.4. The Labute approximate surface area is 262 Å². The van der Waals surface area contributed by atoms with Gasteiger partial charge in [-0.2, -0.15) is 13.2 Å². The van der Waals surface area contributed by atoms with Crippen LogP contribution in [0.4, 0.5) is 13.2 Å². The summed E-state index contributed by atoms with van der Waals surface area (Å²) in [5.74, 6) is -3.63. The number of carbonyl (C=O) groups is 4. The topological polar surface area (TPSA) is 77.5 Å². The smallest absolute Gasteiger partial charge is 0.389 e. The molecule has 0 spiro atoms. The molecule has 3 aliphatic rings. The molecule has 0 aliphatic heterocycles. The predicted molar refractivity (Wildman–Crippen MR) is 165 cm³/mol. The summed E-state index contributed by atoms with van der Waals surface area (Å²) >= 11 is 0. The summed E-state index contributed by atoms with van der Waals surface area (Å²) in [4.78, 5) is 53.6. The van der Waals surface area contributed by atoms with Crippen molar-refractivity contribution in [2.45, 2.75) is 137 Å². The van der Waals surface area contributed by atoms with Crippen LogP contribution in [-0.2, 0) is 23.9 Å². The van der Waals surface area contributed by atoms with Gasteiger partial charge in [-0.1, -0.05) is 46.1 Å². The number of alkyl halides is 3. The second kappa shape index (κ2) is 14.6. The summed E-state index contributed by atoms with van der Waals surface area (Å²) in [5.41, 5.74) is -0.841. The molecule has 4 unspecified atom stereocenters. The third-order valence-electron chi connectivity index (χ3n) is 10.9. The van der Waals surface area contributed by atoms with E-state index in [1.165, 1.54) is 6.92 Å². The lowest BCUT2D eigenvalue weighted by Gasteiger charge is -2.32. The number of carbonyl (C=O) groups excluding carboxylic acids is 4. The number of allylic oxidation sites excluding steroid dienone is 1. The molecule has 0 aromatic rings. The van der Waals surface area contributed by atoms with Gasteiger partial charge in [-0.05, 0) is 88.4 Å². The highest BCUT2D eigenvalue weighted by molar-refractivity contribution is 5.88. The molecule has 0 bridgehead atoms. The fourth-order valence-electron chi connectivity index (χ4n) is 8.41. The van der Waals surface area contributed by atoms with Crippen LogP contribution in [0.2, 0.25) is 0 Å². The quantitative estimate of drug-likeness (QED) is 0.143. The molecule has 0 radical (unpaired) electrons. The average molecular weight is 625 g/mol. The molecule has 250 valence electrons. The molecule has 0 N–H and O–H groups in total. The number of esters is 1. The molecule has 3 aliphatic carbocycles. The van der Waals surface area contributed by atoms with Gasteiger partial charge in [-0.25, -0.2) is 0 Å². The number of hydrogen-bond donors (Lipinski definition) is 0. The maximum Gasteiger partial charge on any atom is 0.389 e. The lowest BCUT2D eigenvalue weighted by Crippen LogP contribution is -2.35. The van der Waals surface area contributed by atoms with Crippen molar-refractivity contribution in [1.82, 2.24) is 0 Å². The first-order valence-corrected chi connectivity index (χ1v) is 16.8. The van der Waals surface area contributed by atoms with Crippen LogP contribution in [0.1, 0.15) is 125 Å². The lowest BCUT2D eigenvalue weighted by atomic mass is 9.72. The van der Waals surface area contributed by atoms with Crippen LogP contribution in [0, 0.1) is 52.8 Å². The van der Waals surface area contributed by atoms with E-state index in [1.54, 1.807) is 6.08 Å². The molecule has 7 atom stereocenters. The summed E-state index contributed by atoms with van der Waals surface area (Å²) in [6, 6.07) is 0. The highest BCUT2D eigenvalue weighted by Gasteiger charge is 2.63. The normalized spacial score (nSPS) is 27.7. The number of fused-ring (bicyclic) bond motifs is 1. The Bertz CT molecular complexity index is 1050. The van der Waals surface area contributed by atoms with Crippen molar-refractivity contribution in [2.24, 2.45) is 52.8 Å². The molecule has 0 heterocycles. The van der Waals surface area contributed by atoms with Crippen LogP contribution in [0.5, 0.6) is 0 Å². The second-order valence-electron chi connectivity index (χ2n) is 15.6. The number of ether oxygens (including phenoxy) is 1. The number of rotatable bonds is 14. The SMILES string of the molecule is C=CCCC(=O)C(C)C(CC(=O)C1CCC(C(=O)[C@@H](CC(=O)OC(C)(C)C)C2CCCCC2)C[C@@H]2[C@H]1C2(C)C)CC(F)(F)F. The van der Waals surface area contributed by atoms with Crippen molar-refractivity contribution in [3.63, 3.8) is 0 Å². The third-order valence-corrected chi connectivity index (χ3v) is 10.9. The molecule has 0 amide bonds. The Morgan fingerprint density at radius 3 is 2.18 bits per heavy atom. The molecule has 0 aromatic heterocycles. The summed E-state index contributed by atoms with van der Waals surface area (Å²) in [6.07, 6.45) is 2.80. The van der Waals surface area contributed by atoms with Crippen LogP contribution in [0.25, 0.3) is 0 Å². The molecule has 5 nitrogen and oxygen atoms in total. The fourth-order valence-corrected chi connectivity index (χ4v) is 8.41. The van der Waals surface area contributed by atoms with E-state index in [0.29, 0.717) is 25.7 Å². The van der Waals surface area contributed by atoms with Crippen molar-refractivity contribution < 1.29 is 37.1 Å². The van der Waals surface area contributed by atoms with Crippen molar-refractivity contribution in [2.75, 3.05) is 0 Å². The van der Waals surface area contributed by atoms with Crippen LogP contribution < -0.4 is 0 Å². The minimum absolute atomic E-state index is 0.00472. The molecule has 3 fully saturated rings. The van der Waals surface area contributed by atoms with Gasteiger partial charge in [0.1, 0.15) is 23.0 Å². The zero-order valence-electron chi connectivity index (χ0n) is 27.8. The Morgan fingerprint density at radius 1 is 0.977 bits per heavy atom. The van der Waals surface area contributed by atoms with Gasteiger partial charge in [0.05, 0.1) is 6.42 Å². The minimum Gasteiger partial charge on any atom is -0.460 e. The maximum absolute atomic E-state index is 14.2. The van der Waals surface area contributed by atoms with Crippen molar-refractivity contribution in [1.29, 1.82) is 0 Å². The van der Waals surface area contributed by atoms with Gasteiger partial charge in [-0.15, -0.1) is 6.58 Å². The number of halogens is 3. The highest BCUT2D eigenvalue weighted by atomic mass is 19.4. The van der Waals surface area contributed by atoms with E-state index in [9.17, 15) is 32.3 Å². The molecule has 8 heteroatoms. The third kappa shape index (κ3) is 9.75. The minimum atomic E-state index is -4.48. The Morgan fingerprint density at radius 2 is 1.61 bits per heavy atom. The van der Waals surface area contributed by atoms with E-state index in [0.717, 1.165) is 32.1 Å². The van der Waals surface area contributed by atoms with Crippen molar-refractivity contribution >= 4 is 23.3 Å². The number of Topliss-reactive ketones (excluding diaryl/α,β-unsaturated/α-hetero) is 3. The van der Waals surface area contributed by atoms with E-state index in [1.807, 2.05) is 20.8 Å². The fraction of sp³-hybridized carbons (Fsp3) is 0.833. The van der Waals surface area contributed by atoms with E-state index < -0.39 is 41.9 Å². The van der Waals surface area contributed by atoms with Crippen LogP contribution in [0.15, 0.2) is 12.7 Å². The van der Waals surface area contributed by atoms with E-state index in [-0.39, 0.29) is 71.7 Å². The standard InChI is InChI=1S/C36H55F3O5/c1-8-9-15-29(40)22(2)25(21-36(37,38)39)19-30(41)26-17-16-24(18-28-32(26)35(28,6)7)33(43)27(23-13-11-10-12-14-23)20-31(42)44-34(3,4)5/h8,22-28,32H,1,9-21H2,2-7H3/t22?,24?,25?,26?,27-,28+,32-/m0/s1. The monoisotopic (exact) mass is 624 g/mol. The molecule has 0 saturated heterocycles. The maximum atomic E-state index is 14.2. The van der Waals surface area contributed by atoms with Crippen molar-refractivity contribution in [3.8, 4) is 0 Å². The second-order valence-corrected chi connectivity index (χ2v) is 15.6. The van der Waals surface area contributed by atoms with Crippen LogP contribution in [-0.4, -0.2) is 35.1 Å². The van der Waals surface area contributed by atoms with Gasteiger partial charge in [-0.3, -0.25) is 19.2 Å². The zero-order valence-corrected chi connectivity index (χ0v) is 27.8. The number of hydrogen-bond acceptors (Lipinski definition) is 5. The Balaban J connectivity index is 1.78. The van der Waals surface area contributed by atoms with Crippen LogP contribution in [0.3, 0.4) is 0 Å². The van der Waals surface area contributed by atoms with E-state index in [2.05, 4.69) is 20.4 Å². The summed E-state index contributed by atoms with van der Waals surface area (Å²) in [7, 11) is 0. The van der Waals surface area contributed by atoms with Gasteiger partial charge in [0.15, 0.2) is 0 Å². The Hall–Kier alpha value is -1.99. The predicted octanol–water partition coefficient (Wildman–Crippen LogP) is 8.87. The molecular formula is C36H55F3O5. The van der Waals surface area contributed by atoms with Crippen LogP contribution >= 0.6 is 0 Å². The largest absolute Gasteiger partial charge is 0.460 e.